The third-order valence-corrected chi connectivity index (χ3v) is 6.36. The number of hydrogen-bond acceptors (Lipinski definition) is 5. The summed E-state index contributed by atoms with van der Waals surface area (Å²) in [6, 6.07) is 6.94. The molecule has 156 valence electrons. The molecule has 2 aliphatic rings. The van der Waals surface area contributed by atoms with E-state index in [1.165, 1.54) is 12.8 Å². The number of halogens is 3. The van der Waals surface area contributed by atoms with Crippen molar-refractivity contribution in [3.8, 4) is 11.4 Å². The van der Waals surface area contributed by atoms with Crippen LogP contribution in [-0.2, 0) is 17.5 Å². The second-order valence-electron chi connectivity index (χ2n) is 7.67. The standard InChI is InChI=1S/C20H22F3N3O2S/c21-20(22,23)19-24-17(25-28-19)15-5-3-14(4-6-15)12-26(11-13-1-2-13)18(27)16-7-9-29-10-8-16/h3-6,13,16H,1-2,7-12H2. The molecule has 1 aliphatic heterocycles. The first-order chi connectivity index (χ1) is 13.9. The van der Waals surface area contributed by atoms with Gasteiger partial charge in [0.05, 0.1) is 0 Å². The molecule has 29 heavy (non-hydrogen) atoms. The number of benzene rings is 1. The van der Waals surface area contributed by atoms with Crippen LogP contribution in [0.4, 0.5) is 13.2 Å². The van der Waals surface area contributed by atoms with Crippen molar-refractivity contribution in [3.63, 3.8) is 0 Å². The Morgan fingerprint density at radius 2 is 1.83 bits per heavy atom. The summed E-state index contributed by atoms with van der Waals surface area (Å²) in [4.78, 5) is 18.4. The van der Waals surface area contributed by atoms with E-state index >= 15 is 0 Å². The zero-order valence-corrected chi connectivity index (χ0v) is 16.6. The van der Waals surface area contributed by atoms with Crippen molar-refractivity contribution in [2.24, 2.45) is 11.8 Å². The number of alkyl halides is 3. The normalized spacial score (nSPS) is 18.0. The fourth-order valence-electron chi connectivity index (χ4n) is 3.48. The number of nitrogens with zero attached hydrogens (tertiary/aromatic N) is 3. The summed E-state index contributed by atoms with van der Waals surface area (Å²) in [5, 5.41) is 3.41. The molecule has 4 rings (SSSR count). The molecule has 5 nitrogen and oxygen atoms in total. The van der Waals surface area contributed by atoms with Gasteiger partial charge in [0.15, 0.2) is 0 Å². The summed E-state index contributed by atoms with van der Waals surface area (Å²) in [6.45, 7) is 1.29. The van der Waals surface area contributed by atoms with Crippen molar-refractivity contribution in [1.82, 2.24) is 15.0 Å². The Hall–Kier alpha value is -2.03. The third kappa shape index (κ3) is 5.12. The van der Waals surface area contributed by atoms with Crippen molar-refractivity contribution >= 4 is 17.7 Å². The maximum atomic E-state index is 13.0. The molecule has 0 bridgehead atoms. The lowest BCUT2D eigenvalue weighted by Gasteiger charge is -2.29. The first-order valence-corrected chi connectivity index (χ1v) is 10.9. The first-order valence-electron chi connectivity index (χ1n) is 9.77. The lowest BCUT2D eigenvalue weighted by Crippen LogP contribution is -2.38. The second kappa shape index (κ2) is 8.38. The van der Waals surface area contributed by atoms with Gasteiger partial charge >= 0.3 is 12.1 Å². The SMILES string of the molecule is O=C(C1CCSCC1)N(Cc1ccc(-c2noc(C(F)(F)F)n2)cc1)CC1CC1. The molecule has 1 aliphatic carbocycles. The fourth-order valence-corrected chi connectivity index (χ4v) is 4.59. The summed E-state index contributed by atoms with van der Waals surface area (Å²) >= 11 is 1.90. The molecule has 1 amide bonds. The van der Waals surface area contributed by atoms with E-state index in [9.17, 15) is 18.0 Å². The minimum atomic E-state index is -4.66. The Balaban J connectivity index is 1.45. The number of aromatic nitrogens is 2. The van der Waals surface area contributed by atoms with E-state index < -0.39 is 12.1 Å². The molecule has 9 heteroatoms. The highest BCUT2D eigenvalue weighted by molar-refractivity contribution is 7.99. The molecular formula is C20H22F3N3O2S. The van der Waals surface area contributed by atoms with E-state index in [1.54, 1.807) is 12.1 Å². The molecule has 2 fully saturated rings. The lowest BCUT2D eigenvalue weighted by molar-refractivity contribution is -0.159. The van der Waals surface area contributed by atoms with E-state index in [4.69, 9.17) is 0 Å². The Kier molecular flexibility index (Phi) is 5.85. The van der Waals surface area contributed by atoms with Gasteiger partial charge in [-0.25, -0.2) is 0 Å². The van der Waals surface area contributed by atoms with Crippen LogP contribution in [0.25, 0.3) is 11.4 Å². The van der Waals surface area contributed by atoms with Crippen molar-refractivity contribution < 1.29 is 22.5 Å². The van der Waals surface area contributed by atoms with Gasteiger partial charge in [-0.05, 0) is 48.7 Å². The van der Waals surface area contributed by atoms with Crippen molar-refractivity contribution in [1.29, 1.82) is 0 Å². The third-order valence-electron chi connectivity index (χ3n) is 5.31. The van der Waals surface area contributed by atoms with Crippen LogP contribution in [-0.4, -0.2) is 39.0 Å². The smallest absolute Gasteiger partial charge is 0.338 e. The number of carbonyl (C=O) groups excluding carboxylic acids is 1. The Morgan fingerprint density at radius 1 is 1.14 bits per heavy atom. The van der Waals surface area contributed by atoms with Crippen LogP contribution >= 0.6 is 11.8 Å². The summed E-state index contributed by atoms with van der Waals surface area (Å²) < 4.78 is 42.2. The molecule has 0 radical (unpaired) electrons. The molecule has 0 spiro atoms. The molecule has 2 aromatic rings. The highest BCUT2D eigenvalue weighted by Crippen LogP contribution is 2.33. The monoisotopic (exact) mass is 425 g/mol. The molecule has 1 saturated carbocycles. The molecule has 0 unspecified atom stereocenters. The molecular weight excluding hydrogens is 403 g/mol. The number of hydrogen-bond donors (Lipinski definition) is 0. The molecule has 1 aromatic carbocycles. The van der Waals surface area contributed by atoms with Crippen molar-refractivity contribution in [2.45, 2.75) is 38.4 Å². The quantitative estimate of drug-likeness (QED) is 0.675. The molecule has 1 saturated heterocycles. The van der Waals surface area contributed by atoms with Gasteiger partial charge in [-0.3, -0.25) is 4.79 Å². The van der Waals surface area contributed by atoms with Gasteiger partial charge < -0.3 is 9.42 Å². The number of carbonyl (C=O) groups is 1. The number of rotatable bonds is 6. The second-order valence-corrected chi connectivity index (χ2v) is 8.89. The van der Waals surface area contributed by atoms with Gasteiger partial charge in [0.25, 0.3) is 0 Å². The summed E-state index contributed by atoms with van der Waals surface area (Å²) in [6.07, 6.45) is -0.455. The van der Waals surface area contributed by atoms with Gasteiger partial charge in [0.1, 0.15) is 0 Å². The van der Waals surface area contributed by atoms with E-state index in [-0.39, 0.29) is 17.6 Å². The van der Waals surface area contributed by atoms with Crippen LogP contribution in [0, 0.1) is 11.8 Å². The first kappa shape index (κ1) is 20.3. The van der Waals surface area contributed by atoms with Crippen LogP contribution in [0.15, 0.2) is 28.8 Å². The largest absolute Gasteiger partial charge is 0.471 e. The Bertz CT molecular complexity index is 843. The van der Waals surface area contributed by atoms with Crippen LogP contribution in [0.5, 0.6) is 0 Å². The number of thioether (sulfide) groups is 1. The highest BCUT2D eigenvalue weighted by atomic mass is 32.2. The summed E-state index contributed by atoms with van der Waals surface area (Å²) in [5.74, 6) is 1.54. The van der Waals surface area contributed by atoms with Crippen LogP contribution in [0.1, 0.15) is 37.1 Å². The van der Waals surface area contributed by atoms with Gasteiger partial charge in [-0.2, -0.15) is 29.9 Å². The maximum absolute atomic E-state index is 13.0. The average Bonchev–Trinajstić information content (AvgIpc) is 3.38. The van der Waals surface area contributed by atoms with Crippen molar-refractivity contribution in [2.75, 3.05) is 18.1 Å². The van der Waals surface area contributed by atoms with E-state index in [0.29, 0.717) is 18.0 Å². The highest BCUT2D eigenvalue weighted by Gasteiger charge is 2.38. The fraction of sp³-hybridized carbons (Fsp3) is 0.550. The average molecular weight is 425 g/mol. The topological polar surface area (TPSA) is 59.2 Å². The molecule has 0 N–H and O–H groups in total. The van der Waals surface area contributed by atoms with Crippen LogP contribution in [0.3, 0.4) is 0 Å². The minimum absolute atomic E-state index is 0.102. The van der Waals surface area contributed by atoms with Crippen molar-refractivity contribution in [3.05, 3.63) is 35.7 Å². The Morgan fingerprint density at radius 3 is 2.41 bits per heavy atom. The van der Waals surface area contributed by atoms with Gasteiger partial charge in [0, 0.05) is 24.6 Å². The minimum Gasteiger partial charge on any atom is -0.338 e. The predicted octanol–water partition coefficient (Wildman–Crippen LogP) is 4.64. The molecule has 0 atom stereocenters. The van der Waals surface area contributed by atoms with Gasteiger partial charge in [0.2, 0.25) is 11.7 Å². The zero-order valence-electron chi connectivity index (χ0n) is 15.8. The molecule has 2 heterocycles. The Labute approximate surface area is 171 Å². The molecule has 1 aromatic heterocycles. The van der Waals surface area contributed by atoms with E-state index in [2.05, 4.69) is 14.7 Å². The van der Waals surface area contributed by atoms with Crippen LogP contribution in [0.2, 0.25) is 0 Å². The summed E-state index contributed by atoms with van der Waals surface area (Å²) in [5.41, 5.74) is 1.38. The van der Waals surface area contributed by atoms with E-state index in [1.807, 2.05) is 28.8 Å². The predicted molar refractivity (Wildman–Crippen MR) is 103 cm³/mol. The van der Waals surface area contributed by atoms with Gasteiger partial charge in [-0.1, -0.05) is 29.4 Å². The summed E-state index contributed by atoms with van der Waals surface area (Å²) in [7, 11) is 0. The van der Waals surface area contributed by atoms with E-state index in [0.717, 1.165) is 36.5 Å². The van der Waals surface area contributed by atoms with Gasteiger partial charge in [-0.15, -0.1) is 0 Å². The maximum Gasteiger partial charge on any atom is 0.471 e. The van der Waals surface area contributed by atoms with Crippen LogP contribution < -0.4 is 0 Å². The number of amides is 1. The lowest BCUT2D eigenvalue weighted by atomic mass is 10.0. The zero-order chi connectivity index (χ0) is 20.4.